The second kappa shape index (κ2) is 11.0. The number of hydrogen-bond donors (Lipinski definition) is 2. The number of rotatable bonds is 4. The van der Waals surface area contributed by atoms with E-state index in [1.807, 2.05) is 36.4 Å². The third kappa shape index (κ3) is 7.30. The monoisotopic (exact) mass is 266 g/mol. The smallest absolute Gasteiger partial charge is 1.00 e. The molecule has 0 aliphatic heterocycles. The molecular formula is C12H15B2NNaO3. The molecule has 4 N–H and O–H groups in total. The van der Waals surface area contributed by atoms with Crippen LogP contribution < -0.4 is 45.0 Å². The maximum Gasteiger partial charge on any atom is 1.00 e. The van der Waals surface area contributed by atoms with E-state index in [0.29, 0.717) is 11.5 Å². The summed E-state index contributed by atoms with van der Waals surface area (Å²) in [6.07, 6.45) is 0. The standard InChI is InChI=1S/C12H11BO3.B.H3N.Na.H/c14-13(15-11-7-3-1-4-8-11)16-12-9-5-2-6-10-12;;;;/h1-10,14H;;1H3;;/q;;;+1;-1. The average Bonchev–Trinajstić information content (AvgIpc) is 2.31. The summed E-state index contributed by atoms with van der Waals surface area (Å²) in [4.78, 5) is 0. The molecule has 0 bridgehead atoms. The van der Waals surface area contributed by atoms with Crippen LogP contribution in [0.2, 0.25) is 0 Å². The molecule has 2 aromatic carbocycles. The zero-order valence-electron chi connectivity index (χ0n) is 11.9. The van der Waals surface area contributed by atoms with Gasteiger partial charge >= 0.3 is 36.9 Å². The van der Waals surface area contributed by atoms with Crippen molar-refractivity contribution in [2.75, 3.05) is 0 Å². The van der Waals surface area contributed by atoms with E-state index in [9.17, 15) is 5.02 Å². The summed E-state index contributed by atoms with van der Waals surface area (Å²) in [7, 11) is -1.30. The predicted molar refractivity (Wildman–Crippen MR) is 74.0 cm³/mol. The molecule has 2 aromatic rings. The molecule has 0 saturated heterocycles. The van der Waals surface area contributed by atoms with Crippen LogP contribution in [-0.4, -0.2) is 20.8 Å². The minimum absolute atomic E-state index is 0. The summed E-state index contributed by atoms with van der Waals surface area (Å²) in [6, 6.07) is 18.0. The minimum Gasteiger partial charge on any atom is -1.00 e. The molecule has 93 valence electrons. The Hall–Kier alpha value is -0.910. The Morgan fingerprint density at radius 2 is 1.11 bits per heavy atom. The zero-order chi connectivity index (χ0) is 11.2. The number of benzene rings is 2. The van der Waals surface area contributed by atoms with Crippen LogP contribution in [0.15, 0.2) is 60.7 Å². The second-order valence-corrected chi connectivity index (χ2v) is 3.17. The maximum atomic E-state index is 9.51. The van der Waals surface area contributed by atoms with Gasteiger partial charge in [-0.3, -0.25) is 0 Å². The Morgan fingerprint density at radius 3 is 1.42 bits per heavy atom. The van der Waals surface area contributed by atoms with E-state index in [2.05, 4.69) is 0 Å². The molecule has 4 nitrogen and oxygen atoms in total. The zero-order valence-corrected chi connectivity index (χ0v) is 12.9. The molecule has 3 radical (unpaired) electrons. The fourth-order valence-corrected chi connectivity index (χ4v) is 1.26. The number of hydrogen-bond acceptors (Lipinski definition) is 4. The van der Waals surface area contributed by atoms with E-state index in [4.69, 9.17) is 9.31 Å². The average molecular weight is 266 g/mol. The Balaban J connectivity index is -0.000000722. The Bertz CT molecular complexity index is 398. The molecule has 7 heteroatoms. The van der Waals surface area contributed by atoms with Crippen LogP contribution in [0.4, 0.5) is 0 Å². The van der Waals surface area contributed by atoms with Gasteiger partial charge in [0.2, 0.25) is 0 Å². The summed E-state index contributed by atoms with van der Waals surface area (Å²) in [5, 5.41) is 9.51. The molecule has 0 unspecified atom stereocenters. The molecule has 0 aliphatic rings. The van der Waals surface area contributed by atoms with Gasteiger partial charge in [-0.1, -0.05) is 36.4 Å². The SMILES string of the molecule is N.OB(Oc1ccccc1)Oc1ccccc1.[B].[H-].[Na+]. The van der Waals surface area contributed by atoms with E-state index in [0.717, 1.165) is 0 Å². The molecule has 2 rings (SSSR count). The van der Waals surface area contributed by atoms with Crippen LogP contribution in [0.25, 0.3) is 0 Å². The normalized spacial score (nSPS) is 8.05. The van der Waals surface area contributed by atoms with Gasteiger partial charge in [0.1, 0.15) is 11.5 Å². The Labute approximate surface area is 139 Å². The van der Waals surface area contributed by atoms with Crippen LogP contribution >= 0.6 is 0 Å². The molecule has 0 saturated carbocycles. The van der Waals surface area contributed by atoms with Gasteiger partial charge in [0, 0.05) is 8.41 Å². The van der Waals surface area contributed by atoms with Crippen molar-refractivity contribution in [3.8, 4) is 11.5 Å². The van der Waals surface area contributed by atoms with Crippen molar-refractivity contribution < 1.29 is 45.3 Å². The molecular weight excluding hydrogens is 251 g/mol. The van der Waals surface area contributed by atoms with Crippen LogP contribution in [0.5, 0.6) is 11.5 Å². The van der Waals surface area contributed by atoms with E-state index < -0.39 is 7.32 Å². The topological polar surface area (TPSA) is 73.7 Å². The fourth-order valence-electron chi connectivity index (χ4n) is 1.26. The van der Waals surface area contributed by atoms with Gasteiger partial charge in [0.05, 0.1) is 0 Å². The molecule has 0 spiro atoms. The maximum absolute atomic E-state index is 9.51. The van der Waals surface area contributed by atoms with Crippen molar-refractivity contribution in [2.45, 2.75) is 0 Å². The van der Waals surface area contributed by atoms with Crippen LogP contribution in [0.3, 0.4) is 0 Å². The summed E-state index contributed by atoms with van der Waals surface area (Å²) in [5.41, 5.74) is 0. The van der Waals surface area contributed by atoms with Crippen molar-refractivity contribution >= 4 is 15.7 Å². The van der Waals surface area contributed by atoms with Crippen LogP contribution in [0, 0.1) is 0 Å². The first-order valence-corrected chi connectivity index (χ1v) is 4.96. The van der Waals surface area contributed by atoms with E-state index in [1.165, 1.54) is 0 Å². The van der Waals surface area contributed by atoms with Crippen LogP contribution in [-0.2, 0) is 0 Å². The first kappa shape index (κ1) is 20.4. The summed E-state index contributed by atoms with van der Waals surface area (Å²) in [5.74, 6) is 1.12. The summed E-state index contributed by atoms with van der Waals surface area (Å²) >= 11 is 0. The van der Waals surface area contributed by atoms with Gasteiger partial charge in [0.15, 0.2) is 0 Å². The third-order valence-electron chi connectivity index (χ3n) is 1.96. The summed E-state index contributed by atoms with van der Waals surface area (Å²) < 4.78 is 10.3. The van der Waals surface area contributed by atoms with E-state index >= 15 is 0 Å². The second-order valence-electron chi connectivity index (χ2n) is 3.17. The van der Waals surface area contributed by atoms with Gasteiger partial charge in [-0.05, 0) is 24.3 Å². The van der Waals surface area contributed by atoms with Crippen molar-refractivity contribution in [2.24, 2.45) is 0 Å². The van der Waals surface area contributed by atoms with Crippen LogP contribution in [0.1, 0.15) is 1.43 Å². The first-order chi connectivity index (χ1) is 7.84. The molecule has 0 amide bonds. The van der Waals surface area contributed by atoms with E-state index in [1.54, 1.807) is 24.3 Å². The van der Waals surface area contributed by atoms with Crippen molar-refractivity contribution in [1.29, 1.82) is 0 Å². The molecule has 0 fully saturated rings. The van der Waals surface area contributed by atoms with Crippen molar-refractivity contribution in [3.63, 3.8) is 0 Å². The Kier molecular flexibility index (Phi) is 11.8. The molecule has 0 heterocycles. The third-order valence-corrected chi connectivity index (χ3v) is 1.96. The van der Waals surface area contributed by atoms with Gasteiger partial charge in [0.25, 0.3) is 0 Å². The fraction of sp³-hybridized carbons (Fsp3) is 0. The quantitative estimate of drug-likeness (QED) is 0.697. The minimum atomic E-state index is -1.30. The molecule has 0 aliphatic carbocycles. The first-order valence-electron chi connectivity index (χ1n) is 4.96. The van der Waals surface area contributed by atoms with Gasteiger partial charge < -0.3 is 21.9 Å². The molecule has 0 atom stereocenters. The van der Waals surface area contributed by atoms with Gasteiger partial charge in [-0.15, -0.1) is 0 Å². The predicted octanol–water partition coefficient (Wildman–Crippen LogP) is -0.981. The Morgan fingerprint density at radius 1 is 0.789 bits per heavy atom. The van der Waals surface area contributed by atoms with Crippen molar-refractivity contribution in [3.05, 3.63) is 60.7 Å². The van der Waals surface area contributed by atoms with E-state index in [-0.39, 0.29) is 45.5 Å². The number of para-hydroxylation sites is 2. The van der Waals surface area contributed by atoms with Gasteiger partial charge in [-0.25, -0.2) is 0 Å². The van der Waals surface area contributed by atoms with Gasteiger partial charge in [-0.2, -0.15) is 0 Å². The summed E-state index contributed by atoms with van der Waals surface area (Å²) in [6.45, 7) is 0. The molecule has 0 aromatic heterocycles. The van der Waals surface area contributed by atoms with Crippen molar-refractivity contribution in [1.82, 2.24) is 6.15 Å². The molecule has 19 heavy (non-hydrogen) atoms. The largest absolute Gasteiger partial charge is 1.00 e.